The molecule has 0 spiro atoms. The summed E-state index contributed by atoms with van der Waals surface area (Å²) in [5.41, 5.74) is 1.69. The van der Waals surface area contributed by atoms with E-state index >= 15 is 0 Å². The number of amides is 2. The molecule has 6 heteroatoms. The van der Waals surface area contributed by atoms with Crippen molar-refractivity contribution in [2.24, 2.45) is 5.92 Å². The van der Waals surface area contributed by atoms with Crippen LogP contribution < -0.4 is 10.6 Å². The summed E-state index contributed by atoms with van der Waals surface area (Å²) in [4.78, 5) is 27.1. The second-order valence-corrected chi connectivity index (χ2v) is 7.27. The van der Waals surface area contributed by atoms with E-state index in [9.17, 15) is 9.59 Å². The second-order valence-electron chi connectivity index (χ2n) is 6.32. The van der Waals surface area contributed by atoms with Gasteiger partial charge in [0.1, 0.15) is 0 Å². The van der Waals surface area contributed by atoms with Gasteiger partial charge in [0.05, 0.1) is 4.88 Å². The highest BCUT2D eigenvalue weighted by Gasteiger charge is 2.26. The van der Waals surface area contributed by atoms with Gasteiger partial charge in [-0.2, -0.15) is 0 Å². The average molecular weight is 357 g/mol. The van der Waals surface area contributed by atoms with Crippen LogP contribution in [0.25, 0.3) is 0 Å². The zero-order valence-electron chi connectivity index (χ0n) is 14.3. The Kier molecular flexibility index (Phi) is 5.83. The van der Waals surface area contributed by atoms with Crippen molar-refractivity contribution in [2.45, 2.75) is 13.0 Å². The molecule has 2 N–H and O–H groups in total. The molecule has 2 heterocycles. The summed E-state index contributed by atoms with van der Waals surface area (Å²) in [5, 5.41) is 7.96. The fourth-order valence-electron chi connectivity index (χ4n) is 3.10. The highest BCUT2D eigenvalue weighted by Crippen LogP contribution is 2.18. The third kappa shape index (κ3) is 4.46. The predicted octanol–water partition coefficient (Wildman–Crippen LogP) is 2.36. The Morgan fingerprint density at radius 1 is 1.24 bits per heavy atom. The van der Waals surface area contributed by atoms with Crippen molar-refractivity contribution in [1.82, 2.24) is 15.5 Å². The molecule has 5 nitrogen and oxygen atoms in total. The van der Waals surface area contributed by atoms with Gasteiger partial charge in [0.2, 0.25) is 0 Å². The SMILES string of the molecule is CNCC1CCN(C(=O)c2ccc(CNC(=O)c3cccs3)cc2)C1. The van der Waals surface area contributed by atoms with Crippen molar-refractivity contribution in [3.63, 3.8) is 0 Å². The molecule has 132 valence electrons. The average Bonchev–Trinajstić information content (AvgIpc) is 3.32. The Balaban J connectivity index is 1.53. The summed E-state index contributed by atoms with van der Waals surface area (Å²) in [5.74, 6) is 0.566. The van der Waals surface area contributed by atoms with E-state index in [1.165, 1.54) is 11.3 Å². The molecule has 2 aromatic rings. The highest BCUT2D eigenvalue weighted by atomic mass is 32.1. The van der Waals surface area contributed by atoms with Crippen molar-refractivity contribution in [1.29, 1.82) is 0 Å². The zero-order chi connectivity index (χ0) is 17.6. The summed E-state index contributed by atoms with van der Waals surface area (Å²) >= 11 is 1.42. The van der Waals surface area contributed by atoms with Crippen molar-refractivity contribution in [3.8, 4) is 0 Å². The smallest absolute Gasteiger partial charge is 0.261 e. The molecule has 2 amide bonds. The van der Waals surface area contributed by atoms with Crippen LogP contribution in [0, 0.1) is 5.92 Å². The predicted molar refractivity (Wildman–Crippen MR) is 99.9 cm³/mol. The minimum absolute atomic E-state index is 0.0669. The minimum Gasteiger partial charge on any atom is -0.347 e. The lowest BCUT2D eigenvalue weighted by Crippen LogP contribution is -2.30. The number of nitrogens with zero attached hydrogens (tertiary/aromatic N) is 1. The Labute approximate surface area is 152 Å². The third-order valence-corrected chi connectivity index (χ3v) is 5.33. The molecule has 1 fully saturated rings. The first-order valence-electron chi connectivity index (χ1n) is 8.52. The van der Waals surface area contributed by atoms with E-state index in [1.807, 2.05) is 47.7 Å². The zero-order valence-corrected chi connectivity index (χ0v) is 15.1. The summed E-state index contributed by atoms with van der Waals surface area (Å²) in [6.45, 7) is 3.05. The van der Waals surface area contributed by atoms with Gasteiger partial charge in [-0.3, -0.25) is 9.59 Å². The van der Waals surface area contributed by atoms with Gasteiger partial charge in [-0.1, -0.05) is 18.2 Å². The van der Waals surface area contributed by atoms with Crippen molar-refractivity contribution in [2.75, 3.05) is 26.7 Å². The van der Waals surface area contributed by atoms with Gasteiger partial charge < -0.3 is 15.5 Å². The number of nitrogens with one attached hydrogen (secondary N) is 2. The van der Waals surface area contributed by atoms with Crippen LogP contribution in [-0.4, -0.2) is 43.4 Å². The van der Waals surface area contributed by atoms with E-state index < -0.39 is 0 Å². The summed E-state index contributed by atoms with van der Waals surface area (Å²) in [6.07, 6.45) is 1.05. The number of carbonyl (C=O) groups is 2. The van der Waals surface area contributed by atoms with Crippen LogP contribution in [0.15, 0.2) is 41.8 Å². The molecule has 1 unspecified atom stereocenters. The number of likely N-dealkylation sites (tertiary alicyclic amines) is 1. The summed E-state index contributed by atoms with van der Waals surface area (Å²) in [7, 11) is 1.94. The molecule has 1 aromatic heterocycles. The van der Waals surface area contributed by atoms with Gasteiger partial charge in [0.15, 0.2) is 0 Å². The number of rotatable bonds is 6. The number of benzene rings is 1. The van der Waals surface area contributed by atoms with E-state index in [4.69, 9.17) is 0 Å². The standard InChI is InChI=1S/C19H23N3O2S/c1-20-11-15-8-9-22(13-15)19(24)16-6-4-14(5-7-16)12-21-18(23)17-3-2-10-25-17/h2-7,10,15,20H,8-9,11-13H2,1H3,(H,21,23). The maximum atomic E-state index is 12.6. The normalized spacial score (nSPS) is 16.8. The summed E-state index contributed by atoms with van der Waals surface area (Å²) < 4.78 is 0. The van der Waals surface area contributed by atoms with Gasteiger partial charge in [-0.25, -0.2) is 0 Å². The molecule has 1 aromatic carbocycles. The highest BCUT2D eigenvalue weighted by molar-refractivity contribution is 7.12. The van der Waals surface area contributed by atoms with Crippen molar-refractivity contribution in [3.05, 3.63) is 57.8 Å². The van der Waals surface area contributed by atoms with E-state index in [1.54, 1.807) is 6.07 Å². The van der Waals surface area contributed by atoms with Gasteiger partial charge in [-0.05, 0) is 55.1 Å². The molecule has 25 heavy (non-hydrogen) atoms. The Hall–Kier alpha value is -2.18. The number of hydrogen-bond donors (Lipinski definition) is 2. The van der Waals surface area contributed by atoms with Gasteiger partial charge in [0.25, 0.3) is 11.8 Å². The largest absolute Gasteiger partial charge is 0.347 e. The van der Waals surface area contributed by atoms with E-state index in [2.05, 4.69) is 10.6 Å². The molecule has 3 rings (SSSR count). The fourth-order valence-corrected chi connectivity index (χ4v) is 3.74. The van der Waals surface area contributed by atoms with Crippen LogP contribution in [0.3, 0.4) is 0 Å². The van der Waals surface area contributed by atoms with Crippen LogP contribution in [-0.2, 0) is 6.54 Å². The lowest BCUT2D eigenvalue weighted by Gasteiger charge is -2.17. The molecule has 0 saturated carbocycles. The monoisotopic (exact) mass is 357 g/mol. The van der Waals surface area contributed by atoms with Gasteiger partial charge in [0, 0.05) is 25.2 Å². The quantitative estimate of drug-likeness (QED) is 0.834. The Morgan fingerprint density at radius 3 is 2.72 bits per heavy atom. The number of hydrogen-bond acceptors (Lipinski definition) is 4. The topological polar surface area (TPSA) is 61.4 Å². The maximum Gasteiger partial charge on any atom is 0.261 e. The lowest BCUT2D eigenvalue weighted by molar-refractivity contribution is 0.0786. The van der Waals surface area contributed by atoms with E-state index in [-0.39, 0.29) is 11.8 Å². The minimum atomic E-state index is -0.0669. The van der Waals surface area contributed by atoms with E-state index in [0.717, 1.165) is 31.6 Å². The van der Waals surface area contributed by atoms with Crippen LogP contribution >= 0.6 is 11.3 Å². The van der Waals surface area contributed by atoms with Crippen molar-refractivity contribution >= 4 is 23.2 Å². The van der Waals surface area contributed by atoms with Gasteiger partial charge in [-0.15, -0.1) is 11.3 Å². The van der Waals surface area contributed by atoms with Crippen LogP contribution in [0.4, 0.5) is 0 Å². The molecular weight excluding hydrogens is 334 g/mol. The lowest BCUT2D eigenvalue weighted by atomic mass is 10.1. The van der Waals surface area contributed by atoms with E-state index in [0.29, 0.717) is 22.9 Å². The molecule has 0 aliphatic carbocycles. The molecule has 1 aliphatic heterocycles. The first-order chi connectivity index (χ1) is 12.2. The first kappa shape index (κ1) is 17.6. The first-order valence-corrected chi connectivity index (χ1v) is 9.40. The number of thiophene rings is 1. The second kappa shape index (κ2) is 8.27. The fraction of sp³-hybridized carbons (Fsp3) is 0.368. The molecule has 0 bridgehead atoms. The maximum absolute atomic E-state index is 12.6. The Morgan fingerprint density at radius 2 is 2.04 bits per heavy atom. The molecular formula is C19H23N3O2S. The van der Waals surface area contributed by atoms with Crippen LogP contribution in [0.2, 0.25) is 0 Å². The van der Waals surface area contributed by atoms with Crippen LogP contribution in [0.1, 0.15) is 32.0 Å². The molecule has 1 atom stereocenters. The third-order valence-electron chi connectivity index (χ3n) is 4.46. The van der Waals surface area contributed by atoms with Crippen LogP contribution in [0.5, 0.6) is 0 Å². The van der Waals surface area contributed by atoms with Gasteiger partial charge >= 0.3 is 0 Å². The summed E-state index contributed by atoms with van der Waals surface area (Å²) in [6, 6.07) is 11.2. The molecule has 0 radical (unpaired) electrons. The molecule has 1 saturated heterocycles. The van der Waals surface area contributed by atoms with Crippen molar-refractivity contribution < 1.29 is 9.59 Å². The molecule has 1 aliphatic rings. The number of carbonyl (C=O) groups excluding carboxylic acids is 2. The Bertz CT molecular complexity index is 713.